The number of ether oxygens (including phenoxy) is 1. The maximum absolute atomic E-state index is 12.0. The molecule has 0 saturated carbocycles. The van der Waals surface area contributed by atoms with Crippen LogP contribution >= 0.6 is 22.6 Å². The molecule has 1 aromatic rings. The van der Waals surface area contributed by atoms with Gasteiger partial charge in [0.1, 0.15) is 6.61 Å². The molecule has 3 rings (SSSR count). The summed E-state index contributed by atoms with van der Waals surface area (Å²) >= 11 is 2.20. The highest BCUT2D eigenvalue weighted by Crippen LogP contribution is 2.34. The van der Waals surface area contributed by atoms with E-state index >= 15 is 0 Å². The standard InChI is InChI=1S/C9H10IN3O2/c10-6-1-2-13-8-7(5-11-13)15-4-3-12(8)9(6)14/h5-6H,1-4H2. The Morgan fingerprint density at radius 2 is 2.40 bits per heavy atom. The van der Waals surface area contributed by atoms with E-state index in [9.17, 15) is 4.79 Å². The second-order valence-corrected chi connectivity index (χ2v) is 5.15. The maximum Gasteiger partial charge on any atom is 0.241 e. The molecule has 0 fully saturated rings. The molecule has 1 atom stereocenters. The van der Waals surface area contributed by atoms with Gasteiger partial charge in [-0.2, -0.15) is 5.10 Å². The van der Waals surface area contributed by atoms with Gasteiger partial charge in [0.25, 0.3) is 0 Å². The quantitative estimate of drug-likeness (QED) is 0.525. The number of hydrogen-bond donors (Lipinski definition) is 0. The van der Waals surface area contributed by atoms with Gasteiger partial charge in [-0.15, -0.1) is 0 Å². The van der Waals surface area contributed by atoms with Crippen molar-refractivity contribution in [3.05, 3.63) is 6.20 Å². The molecule has 80 valence electrons. The van der Waals surface area contributed by atoms with Gasteiger partial charge in [0.15, 0.2) is 11.6 Å². The highest BCUT2D eigenvalue weighted by molar-refractivity contribution is 14.1. The first kappa shape index (κ1) is 9.44. The number of anilines is 1. The summed E-state index contributed by atoms with van der Waals surface area (Å²) in [5.74, 6) is 1.75. The van der Waals surface area contributed by atoms with Crippen molar-refractivity contribution in [3.63, 3.8) is 0 Å². The van der Waals surface area contributed by atoms with Crippen molar-refractivity contribution in [1.82, 2.24) is 9.78 Å². The van der Waals surface area contributed by atoms with E-state index < -0.39 is 0 Å². The molecule has 2 aliphatic rings. The van der Waals surface area contributed by atoms with E-state index in [0.717, 1.165) is 24.5 Å². The summed E-state index contributed by atoms with van der Waals surface area (Å²) in [5, 5.41) is 4.24. The Kier molecular flexibility index (Phi) is 2.11. The zero-order valence-electron chi connectivity index (χ0n) is 8.02. The van der Waals surface area contributed by atoms with E-state index in [2.05, 4.69) is 27.7 Å². The van der Waals surface area contributed by atoms with E-state index in [-0.39, 0.29) is 9.83 Å². The third-order valence-corrected chi connectivity index (χ3v) is 3.89. The van der Waals surface area contributed by atoms with Gasteiger partial charge >= 0.3 is 0 Å². The molecule has 1 unspecified atom stereocenters. The number of carbonyl (C=O) groups is 1. The van der Waals surface area contributed by atoms with Crippen LogP contribution in [0, 0.1) is 0 Å². The van der Waals surface area contributed by atoms with Crippen molar-refractivity contribution >= 4 is 34.3 Å². The van der Waals surface area contributed by atoms with Crippen LogP contribution in [0.2, 0.25) is 0 Å². The van der Waals surface area contributed by atoms with Crippen LogP contribution in [0.1, 0.15) is 6.42 Å². The fourth-order valence-corrected chi connectivity index (χ4v) is 2.61. The van der Waals surface area contributed by atoms with Crippen LogP contribution < -0.4 is 9.64 Å². The van der Waals surface area contributed by atoms with Gasteiger partial charge < -0.3 is 4.74 Å². The number of amides is 1. The van der Waals surface area contributed by atoms with Crippen molar-refractivity contribution in [2.45, 2.75) is 16.9 Å². The van der Waals surface area contributed by atoms with E-state index in [4.69, 9.17) is 4.74 Å². The summed E-state index contributed by atoms with van der Waals surface area (Å²) < 4.78 is 7.39. The number of aromatic nitrogens is 2. The first-order valence-electron chi connectivity index (χ1n) is 4.91. The van der Waals surface area contributed by atoms with Crippen LogP contribution in [0.5, 0.6) is 5.75 Å². The van der Waals surface area contributed by atoms with Crippen LogP contribution in [0.3, 0.4) is 0 Å². The number of carbonyl (C=O) groups excluding carboxylic acids is 1. The van der Waals surface area contributed by atoms with Crippen LogP contribution in [0.15, 0.2) is 6.20 Å². The highest BCUT2D eigenvalue weighted by Gasteiger charge is 2.34. The normalized spacial score (nSPS) is 24.5. The molecule has 1 amide bonds. The molecule has 3 heterocycles. The van der Waals surface area contributed by atoms with Crippen LogP contribution in [-0.4, -0.2) is 32.8 Å². The highest BCUT2D eigenvalue weighted by atomic mass is 127. The average molecular weight is 319 g/mol. The van der Waals surface area contributed by atoms with E-state index in [0.29, 0.717) is 13.2 Å². The summed E-state index contributed by atoms with van der Waals surface area (Å²) in [6.45, 7) is 1.99. The van der Waals surface area contributed by atoms with Gasteiger partial charge in [-0.25, -0.2) is 4.68 Å². The van der Waals surface area contributed by atoms with Crippen LogP contribution in [0.25, 0.3) is 0 Å². The lowest BCUT2D eigenvalue weighted by Gasteiger charge is -2.27. The zero-order chi connectivity index (χ0) is 10.4. The van der Waals surface area contributed by atoms with Crippen LogP contribution in [0.4, 0.5) is 5.82 Å². The van der Waals surface area contributed by atoms with Crippen molar-refractivity contribution in [2.24, 2.45) is 0 Å². The number of aryl methyl sites for hydroxylation is 1. The van der Waals surface area contributed by atoms with Gasteiger partial charge in [-0.1, -0.05) is 22.6 Å². The molecule has 0 bridgehead atoms. The molecular weight excluding hydrogens is 309 g/mol. The molecule has 0 radical (unpaired) electrons. The fourth-order valence-electron chi connectivity index (χ4n) is 2.00. The third kappa shape index (κ3) is 1.34. The summed E-state index contributed by atoms with van der Waals surface area (Å²) in [4.78, 5) is 13.8. The van der Waals surface area contributed by atoms with Gasteiger partial charge in [0, 0.05) is 6.54 Å². The van der Waals surface area contributed by atoms with Crippen molar-refractivity contribution in [1.29, 1.82) is 0 Å². The Labute approximate surface area is 101 Å². The molecule has 1 aromatic heterocycles. The molecule has 6 heteroatoms. The molecule has 0 N–H and O–H groups in total. The number of hydrogen-bond acceptors (Lipinski definition) is 3. The molecule has 15 heavy (non-hydrogen) atoms. The van der Waals surface area contributed by atoms with Crippen molar-refractivity contribution < 1.29 is 9.53 Å². The van der Waals surface area contributed by atoms with Gasteiger partial charge in [-0.3, -0.25) is 9.69 Å². The largest absolute Gasteiger partial charge is 0.486 e. The van der Waals surface area contributed by atoms with Crippen molar-refractivity contribution in [2.75, 3.05) is 18.1 Å². The first-order valence-corrected chi connectivity index (χ1v) is 6.16. The summed E-state index contributed by atoms with van der Waals surface area (Å²) in [5.41, 5.74) is 0. The predicted octanol–water partition coefficient (Wildman–Crippen LogP) is 0.816. The second-order valence-electron chi connectivity index (χ2n) is 3.65. The minimum atomic E-state index is 0.0512. The van der Waals surface area contributed by atoms with E-state index in [1.54, 1.807) is 11.1 Å². The molecule has 0 aliphatic carbocycles. The molecule has 2 aliphatic heterocycles. The molecule has 0 spiro atoms. The monoisotopic (exact) mass is 319 g/mol. The Bertz CT molecular complexity index is 417. The predicted molar refractivity (Wildman–Crippen MR) is 62.5 cm³/mol. The SMILES string of the molecule is O=C1C(I)CCn2ncc3c2N1CCO3. The molecular formula is C9H10IN3O2. The van der Waals surface area contributed by atoms with Gasteiger partial charge in [-0.05, 0) is 6.42 Å². The molecule has 0 saturated heterocycles. The third-order valence-electron chi connectivity index (χ3n) is 2.74. The maximum atomic E-state index is 12.0. The summed E-state index contributed by atoms with van der Waals surface area (Å²) in [6, 6.07) is 0. The minimum Gasteiger partial charge on any atom is -0.486 e. The fraction of sp³-hybridized carbons (Fsp3) is 0.556. The van der Waals surface area contributed by atoms with Crippen LogP contribution in [-0.2, 0) is 11.3 Å². The topological polar surface area (TPSA) is 47.4 Å². The van der Waals surface area contributed by atoms with E-state index in [1.807, 2.05) is 4.68 Å². The Balaban J connectivity index is 2.12. The van der Waals surface area contributed by atoms with Gasteiger partial charge in [0.05, 0.1) is 16.7 Å². The lowest BCUT2D eigenvalue weighted by atomic mass is 10.3. The Hall–Kier alpha value is -0.790. The summed E-state index contributed by atoms with van der Waals surface area (Å²) in [6.07, 6.45) is 2.53. The van der Waals surface area contributed by atoms with E-state index in [1.165, 1.54) is 0 Å². The lowest BCUT2D eigenvalue weighted by Crippen LogP contribution is -2.41. The smallest absolute Gasteiger partial charge is 0.241 e. The number of nitrogens with zero attached hydrogens (tertiary/aromatic N) is 3. The number of halogens is 1. The zero-order valence-corrected chi connectivity index (χ0v) is 10.2. The Morgan fingerprint density at radius 3 is 3.27 bits per heavy atom. The molecule has 0 aromatic carbocycles. The second kappa shape index (κ2) is 3.36. The number of rotatable bonds is 0. The minimum absolute atomic E-state index is 0.0512. The Morgan fingerprint density at radius 1 is 1.53 bits per heavy atom. The van der Waals surface area contributed by atoms with Crippen molar-refractivity contribution in [3.8, 4) is 5.75 Å². The lowest BCUT2D eigenvalue weighted by molar-refractivity contribution is -0.118. The van der Waals surface area contributed by atoms with Gasteiger partial charge in [0.2, 0.25) is 5.91 Å². The average Bonchev–Trinajstić information content (AvgIpc) is 2.62. The summed E-state index contributed by atoms with van der Waals surface area (Å²) in [7, 11) is 0. The number of alkyl halides is 1. The first-order chi connectivity index (χ1) is 7.27. The molecule has 5 nitrogen and oxygen atoms in total.